The van der Waals surface area contributed by atoms with Gasteiger partial charge in [0, 0.05) is 42.1 Å². The summed E-state index contributed by atoms with van der Waals surface area (Å²) in [6.45, 7) is 9.87. The maximum absolute atomic E-state index is 6.38. The molecule has 0 amide bonds. The van der Waals surface area contributed by atoms with E-state index < -0.39 is 0 Å². The number of halogens is 1. The summed E-state index contributed by atoms with van der Waals surface area (Å²) in [4.78, 5) is 5.01. The van der Waals surface area contributed by atoms with Crippen LogP contribution in [0.25, 0.3) is 0 Å². The van der Waals surface area contributed by atoms with Crippen LogP contribution in [0.2, 0.25) is 5.02 Å². The maximum atomic E-state index is 6.38. The third-order valence-corrected chi connectivity index (χ3v) is 8.19. The molecule has 0 saturated heterocycles. The predicted octanol–water partition coefficient (Wildman–Crippen LogP) is 7.59. The Bertz CT molecular complexity index is 976. The summed E-state index contributed by atoms with van der Waals surface area (Å²) < 4.78 is 0. The van der Waals surface area contributed by atoms with Crippen LogP contribution in [0.15, 0.2) is 36.4 Å². The fourth-order valence-electron chi connectivity index (χ4n) is 5.55. The highest BCUT2D eigenvalue weighted by atomic mass is 35.5. The second-order valence-electron chi connectivity index (χ2n) is 9.85. The number of nitrogens with zero attached hydrogens (tertiary/aromatic N) is 2. The van der Waals surface area contributed by atoms with E-state index in [9.17, 15) is 0 Å². The zero-order valence-corrected chi connectivity index (χ0v) is 21.9. The number of fused-ring (bicyclic) bond motifs is 1. The summed E-state index contributed by atoms with van der Waals surface area (Å²) in [5, 5.41) is 5.12. The molecule has 33 heavy (non-hydrogen) atoms. The fourth-order valence-corrected chi connectivity index (χ4v) is 6.04. The quantitative estimate of drug-likeness (QED) is 0.426. The molecule has 1 fully saturated rings. The van der Waals surface area contributed by atoms with Crippen LogP contribution >= 0.6 is 23.8 Å². The van der Waals surface area contributed by atoms with Gasteiger partial charge in [-0.2, -0.15) is 0 Å². The van der Waals surface area contributed by atoms with Crippen LogP contribution in [0.5, 0.6) is 0 Å². The van der Waals surface area contributed by atoms with Crippen LogP contribution in [0.3, 0.4) is 0 Å². The van der Waals surface area contributed by atoms with Crippen LogP contribution in [-0.4, -0.2) is 29.1 Å². The van der Waals surface area contributed by atoms with Crippen molar-refractivity contribution in [1.29, 1.82) is 0 Å². The summed E-state index contributed by atoms with van der Waals surface area (Å²) in [6, 6.07) is 13.5. The van der Waals surface area contributed by atoms with Crippen LogP contribution in [0.4, 0.5) is 11.4 Å². The highest BCUT2D eigenvalue weighted by molar-refractivity contribution is 7.80. The third-order valence-electron chi connectivity index (χ3n) is 7.44. The van der Waals surface area contributed by atoms with Gasteiger partial charge in [-0.05, 0) is 92.1 Å². The summed E-state index contributed by atoms with van der Waals surface area (Å²) in [7, 11) is 0. The van der Waals surface area contributed by atoms with E-state index in [4.69, 9.17) is 23.8 Å². The molecule has 0 radical (unpaired) electrons. The third kappa shape index (κ3) is 5.66. The van der Waals surface area contributed by atoms with E-state index in [-0.39, 0.29) is 0 Å². The van der Waals surface area contributed by atoms with E-state index in [2.05, 4.69) is 53.2 Å². The second kappa shape index (κ2) is 11.1. The monoisotopic (exact) mass is 483 g/mol. The number of rotatable bonds is 6. The Morgan fingerprint density at radius 2 is 2.00 bits per heavy atom. The lowest BCUT2D eigenvalue weighted by Gasteiger charge is -2.40. The lowest BCUT2D eigenvalue weighted by molar-refractivity contribution is 0.177. The Balaban J connectivity index is 1.59. The Hall–Kier alpha value is -1.78. The molecule has 1 saturated carbocycles. The van der Waals surface area contributed by atoms with Crippen LogP contribution in [-0.2, 0) is 13.0 Å². The number of hydrogen-bond donors (Lipinski definition) is 1. The van der Waals surface area contributed by atoms with Gasteiger partial charge < -0.3 is 15.1 Å². The molecule has 2 aliphatic rings. The van der Waals surface area contributed by atoms with Crippen molar-refractivity contribution in [3.63, 3.8) is 0 Å². The van der Waals surface area contributed by atoms with Gasteiger partial charge in [0.15, 0.2) is 5.11 Å². The van der Waals surface area contributed by atoms with E-state index in [1.807, 2.05) is 19.1 Å². The van der Waals surface area contributed by atoms with Crippen LogP contribution in [0, 0.1) is 12.8 Å². The van der Waals surface area contributed by atoms with Crippen molar-refractivity contribution in [3.05, 3.63) is 58.1 Å². The molecular formula is C28H38ClN3S. The zero-order valence-electron chi connectivity index (χ0n) is 20.4. The van der Waals surface area contributed by atoms with Gasteiger partial charge in [0.05, 0.1) is 0 Å². The number of hydrogen-bond acceptors (Lipinski definition) is 2. The fraction of sp³-hybridized carbons (Fsp3) is 0.536. The largest absolute Gasteiger partial charge is 0.371 e. The van der Waals surface area contributed by atoms with Gasteiger partial charge in [-0.3, -0.25) is 0 Å². The van der Waals surface area contributed by atoms with E-state index >= 15 is 0 Å². The van der Waals surface area contributed by atoms with Gasteiger partial charge in [-0.25, -0.2) is 0 Å². The predicted molar refractivity (Wildman–Crippen MR) is 147 cm³/mol. The molecule has 4 rings (SSSR count). The van der Waals surface area contributed by atoms with Gasteiger partial charge in [0.2, 0.25) is 0 Å². The zero-order chi connectivity index (χ0) is 23.4. The molecule has 1 aliphatic heterocycles. The first-order valence-electron chi connectivity index (χ1n) is 12.7. The average molecular weight is 484 g/mol. The molecule has 1 aliphatic carbocycles. The van der Waals surface area contributed by atoms with Crippen molar-refractivity contribution >= 4 is 40.3 Å². The highest BCUT2D eigenvalue weighted by Gasteiger charge is 2.29. The van der Waals surface area contributed by atoms with E-state index in [1.54, 1.807) is 0 Å². The molecule has 2 aromatic rings. The molecule has 1 heterocycles. The molecule has 0 aromatic heterocycles. The highest BCUT2D eigenvalue weighted by Crippen LogP contribution is 2.33. The minimum absolute atomic E-state index is 0.464. The molecule has 2 atom stereocenters. The lowest BCUT2D eigenvalue weighted by atomic mass is 9.84. The van der Waals surface area contributed by atoms with Gasteiger partial charge in [0.25, 0.3) is 0 Å². The number of nitrogens with one attached hydrogen (secondary N) is 1. The van der Waals surface area contributed by atoms with E-state index in [0.717, 1.165) is 34.5 Å². The molecule has 2 aromatic carbocycles. The van der Waals surface area contributed by atoms with Crippen LogP contribution < -0.4 is 10.2 Å². The molecule has 178 valence electrons. The Morgan fingerprint density at radius 3 is 2.79 bits per heavy atom. The van der Waals surface area contributed by atoms with Crippen molar-refractivity contribution in [2.75, 3.05) is 23.3 Å². The van der Waals surface area contributed by atoms with E-state index in [1.165, 1.54) is 68.3 Å². The first-order valence-corrected chi connectivity index (χ1v) is 13.5. The van der Waals surface area contributed by atoms with Gasteiger partial charge in [-0.15, -0.1) is 0 Å². The molecule has 1 N–H and O–H groups in total. The van der Waals surface area contributed by atoms with Gasteiger partial charge >= 0.3 is 0 Å². The molecule has 5 heteroatoms. The number of anilines is 2. The Labute approximate surface area is 210 Å². The normalized spacial score (nSPS) is 20.3. The first-order chi connectivity index (χ1) is 16.0. The van der Waals surface area contributed by atoms with Crippen molar-refractivity contribution in [3.8, 4) is 0 Å². The minimum atomic E-state index is 0.464. The summed E-state index contributed by atoms with van der Waals surface area (Å²) in [5.41, 5.74) is 6.33. The smallest absolute Gasteiger partial charge is 0.173 e. The van der Waals surface area contributed by atoms with Crippen molar-refractivity contribution in [1.82, 2.24) is 4.90 Å². The lowest BCUT2D eigenvalue weighted by Crippen LogP contribution is -2.46. The minimum Gasteiger partial charge on any atom is -0.371 e. The summed E-state index contributed by atoms with van der Waals surface area (Å²) in [5.74, 6) is 0.636. The Morgan fingerprint density at radius 1 is 1.18 bits per heavy atom. The average Bonchev–Trinajstić information content (AvgIpc) is 2.81. The van der Waals surface area contributed by atoms with Crippen LogP contribution in [0.1, 0.15) is 69.1 Å². The molecular weight excluding hydrogens is 446 g/mol. The molecule has 3 nitrogen and oxygen atoms in total. The SMILES string of the molecule is CCCN1CCCc2cc(CN(C(=S)Nc3cccc(Cl)c3C)[C@H]3CCCC[C@H]3C)ccc21. The maximum Gasteiger partial charge on any atom is 0.173 e. The summed E-state index contributed by atoms with van der Waals surface area (Å²) >= 11 is 12.4. The van der Waals surface area contributed by atoms with Crippen molar-refractivity contribution < 1.29 is 0 Å². The van der Waals surface area contributed by atoms with Gasteiger partial charge in [0.1, 0.15) is 0 Å². The summed E-state index contributed by atoms with van der Waals surface area (Å²) in [6.07, 6.45) is 8.69. The topological polar surface area (TPSA) is 18.5 Å². The molecule has 0 bridgehead atoms. The Kier molecular flexibility index (Phi) is 8.19. The first kappa shape index (κ1) is 24.3. The van der Waals surface area contributed by atoms with Crippen molar-refractivity contribution in [2.45, 2.75) is 78.3 Å². The number of benzene rings is 2. The van der Waals surface area contributed by atoms with E-state index in [0.29, 0.717) is 12.0 Å². The van der Waals surface area contributed by atoms with Gasteiger partial charge in [-0.1, -0.05) is 56.5 Å². The number of thiocarbonyl (C=S) groups is 1. The molecule has 0 spiro atoms. The number of aryl methyl sites for hydroxylation is 1. The van der Waals surface area contributed by atoms with Crippen molar-refractivity contribution in [2.24, 2.45) is 5.92 Å². The molecule has 0 unspecified atom stereocenters. The second-order valence-corrected chi connectivity index (χ2v) is 10.6. The standard InChI is InChI=1S/C28H38ClN3S/c1-4-16-31-17-8-10-23-18-22(14-15-27(23)31)19-32(26-13-6-5-9-20(26)2)28(33)30-25-12-7-11-24(29)21(25)3/h7,11-12,14-15,18,20,26H,4-6,8-10,13,16-17,19H2,1-3H3,(H,30,33)/t20-,26+/m1/s1.